The molecule has 0 radical (unpaired) electrons. The Morgan fingerprint density at radius 1 is 1.33 bits per heavy atom. The van der Waals surface area contributed by atoms with E-state index in [1.807, 2.05) is 30.5 Å². The predicted octanol–water partition coefficient (Wildman–Crippen LogP) is 3.44. The molecule has 0 aromatic heterocycles. The zero-order chi connectivity index (χ0) is 13.2. The lowest BCUT2D eigenvalue weighted by Gasteiger charge is -1.99. The van der Waals surface area contributed by atoms with Gasteiger partial charge in [0.25, 0.3) is 0 Å². The Kier molecular flexibility index (Phi) is 7.18. The summed E-state index contributed by atoms with van der Waals surface area (Å²) in [6.07, 6.45) is 7.41. The molecule has 0 aliphatic heterocycles. The molecule has 1 aromatic carbocycles. The predicted molar refractivity (Wildman–Crippen MR) is 78.1 cm³/mol. The number of nitrogens with zero attached hydrogens (tertiary/aromatic N) is 1. The van der Waals surface area contributed by atoms with E-state index < -0.39 is 0 Å². The summed E-state index contributed by atoms with van der Waals surface area (Å²) < 4.78 is 0. The Labute approximate surface area is 113 Å². The van der Waals surface area contributed by atoms with Crippen molar-refractivity contribution in [3.8, 4) is 0 Å². The molecule has 98 valence electrons. The fourth-order valence-electron chi connectivity index (χ4n) is 1.46. The first kappa shape index (κ1) is 14.8. The molecule has 0 aliphatic carbocycles. The number of hydrazone groups is 1. The van der Waals surface area contributed by atoms with Crippen molar-refractivity contribution in [1.82, 2.24) is 5.43 Å². The summed E-state index contributed by atoms with van der Waals surface area (Å²) in [7, 11) is 0. The summed E-state index contributed by atoms with van der Waals surface area (Å²) in [5.74, 6) is -0.0135. The molecule has 0 saturated carbocycles. The zero-order valence-electron chi connectivity index (χ0n) is 11.0. The maximum Gasteiger partial charge on any atom is 0.240 e. The van der Waals surface area contributed by atoms with Gasteiger partial charge in [0.1, 0.15) is 0 Å². The molecule has 0 aliphatic rings. The van der Waals surface area contributed by atoms with Gasteiger partial charge in [-0.3, -0.25) is 4.79 Å². The molecule has 0 unspecified atom stereocenters. The van der Waals surface area contributed by atoms with E-state index in [2.05, 4.69) is 17.5 Å². The molecule has 0 fully saturated rings. The minimum absolute atomic E-state index is 0.0135. The van der Waals surface area contributed by atoms with Crippen LogP contribution in [0.5, 0.6) is 0 Å². The average molecular weight is 264 g/mol. The minimum Gasteiger partial charge on any atom is -0.273 e. The molecule has 18 heavy (non-hydrogen) atoms. The van der Waals surface area contributed by atoms with Crippen molar-refractivity contribution >= 4 is 23.9 Å². The van der Waals surface area contributed by atoms with Crippen molar-refractivity contribution in [3.63, 3.8) is 0 Å². The Morgan fingerprint density at radius 3 is 2.67 bits per heavy atom. The van der Waals surface area contributed by atoms with Crippen molar-refractivity contribution in [2.45, 2.75) is 37.5 Å². The summed E-state index contributed by atoms with van der Waals surface area (Å²) in [4.78, 5) is 12.6. The quantitative estimate of drug-likeness (QED) is 0.355. The Hall–Kier alpha value is -1.29. The van der Waals surface area contributed by atoms with Crippen LogP contribution in [0, 0.1) is 0 Å². The summed E-state index contributed by atoms with van der Waals surface area (Å²) in [5, 5.41) is 3.94. The Morgan fingerprint density at radius 2 is 2.06 bits per heavy atom. The van der Waals surface area contributed by atoms with Crippen LogP contribution in [-0.4, -0.2) is 18.4 Å². The first-order valence-corrected chi connectivity index (χ1v) is 7.44. The minimum atomic E-state index is -0.0135. The number of unbranched alkanes of at least 4 members (excludes halogenated alkanes) is 2. The normalized spacial score (nSPS) is 10.8. The second kappa shape index (κ2) is 8.75. The van der Waals surface area contributed by atoms with Crippen molar-refractivity contribution in [1.29, 1.82) is 0 Å². The van der Waals surface area contributed by atoms with E-state index in [0.29, 0.717) is 6.42 Å². The summed E-state index contributed by atoms with van der Waals surface area (Å²) in [6.45, 7) is 2.12. The van der Waals surface area contributed by atoms with Gasteiger partial charge >= 0.3 is 0 Å². The highest BCUT2D eigenvalue weighted by Crippen LogP contribution is 2.13. The fourth-order valence-corrected chi connectivity index (χ4v) is 1.87. The van der Waals surface area contributed by atoms with Gasteiger partial charge in [-0.1, -0.05) is 31.9 Å². The van der Waals surface area contributed by atoms with Gasteiger partial charge in [0, 0.05) is 11.3 Å². The van der Waals surface area contributed by atoms with Crippen molar-refractivity contribution in [3.05, 3.63) is 29.8 Å². The van der Waals surface area contributed by atoms with Gasteiger partial charge in [0.05, 0.1) is 6.21 Å². The largest absolute Gasteiger partial charge is 0.273 e. The monoisotopic (exact) mass is 264 g/mol. The maximum atomic E-state index is 11.4. The lowest BCUT2D eigenvalue weighted by molar-refractivity contribution is -0.121. The molecule has 1 amide bonds. The Bertz CT molecular complexity index is 387. The van der Waals surface area contributed by atoms with Crippen molar-refractivity contribution in [2.24, 2.45) is 5.10 Å². The number of rotatable bonds is 7. The third-order valence-electron chi connectivity index (χ3n) is 2.53. The molecule has 4 heteroatoms. The number of benzene rings is 1. The molecule has 1 aromatic rings. The van der Waals surface area contributed by atoms with Gasteiger partial charge in [-0.15, -0.1) is 11.8 Å². The summed E-state index contributed by atoms with van der Waals surface area (Å²) >= 11 is 1.70. The number of thioether (sulfide) groups is 1. The average Bonchev–Trinajstić information content (AvgIpc) is 2.40. The lowest BCUT2D eigenvalue weighted by Crippen LogP contribution is -2.16. The first-order chi connectivity index (χ1) is 8.76. The van der Waals surface area contributed by atoms with Crippen LogP contribution in [0.15, 0.2) is 34.3 Å². The third-order valence-corrected chi connectivity index (χ3v) is 3.27. The van der Waals surface area contributed by atoms with Crippen LogP contribution in [0.2, 0.25) is 0 Å². The molecule has 0 heterocycles. The second-order valence-electron chi connectivity index (χ2n) is 4.02. The molecule has 0 bridgehead atoms. The molecular formula is C14H20N2OS. The number of hydrogen-bond donors (Lipinski definition) is 1. The molecule has 0 saturated heterocycles. The summed E-state index contributed by atoms with van der Waals surface area (Å²) in [6, 6.07) is 8.04. The number of carbonyl (C=O) groups excluding carboxylic acids is 1. The smallest absolute Gasteiger partial charge is 0.240 e. The van der Waals surface area contributed by atoms with Crippen molar-refractivity contribution < 1.29 is 4.79 Å². The topological polar surface area (TPSA) is 41.5 Å². The van der Waals surface area contributed by atoms with Crippen LogP contribution in [0.25, 0.3) is 0 Å². The lowest BCUT2D eigenvalue weighted by atomic mass is 10.2. The standard InChI is InChI=1S/C14H20N2OS/c1-3-4-5-6-14(17)16-15-11-12-7-9-13(18-2)10-8-12/h7-11H,3-6H2,1-2H3,(H,16,17). The van der Waals surface area contributed by atoms with E-state index in [4.69, 9.17) is 0 Å². The highest BCUT2D eigenvalue weighted by molar-refractivity contribution is 7.98. The van der Waals surface area contributed by atoms with Crippen LogP contribution >= 0.6 is 11.8 Å². The van der Waals surface area contributed by atoms with E-state index in [1.54, 1.807) is 18.0 Å². The van der Waals surface area contributed by atoms with E-state index in [1.165, 1.54) is 4.90 Å². The molecule has 1 rings (SSSR count). The van der Waals surface area contributed by atoms with E-state index in [9.17, 15) is 4.79 Å². The van der Waals surface area contributed by atoms with Gasteiger partial charge in [0.15, 0.2) is 0 Å². The van der Waals surface area contributed by atoms with Crippen LogP contribution in [-0.2, 0) is 4.79 Å². The highest BCUT2D eigenvalue weighted by atomic mass is 32.2. The summed E-state index contributed by atoms with van der Waals surface area (Å²) in [5.41, 5.74) is 3.53. The van der Waals surface area contributed by atoms with Crippen LogP contribution < -0.4 is 5.43 Å². The first-order valence-electron chi connectivity index (χ1n) is 6.22. The molecule has 0 atom stereocenters. The zero-order valence-corrected chi connectivity index (χ0v) is 11.8. The van der Waals surface area contributed by atoms with Gasteiger partial charge in [-0.2, -0.15) is 5.10 Å². The third kappa shape index (κ3) is 5.87. The molecule has 3 nitrogen and oxygen atoms in total. The van der Waals surface area contributed by atoms with E-state index in [-0.39, 0.29) is 5.91 Å². The second-order valence-corrected chi connectivity index (χ2v) is 4.90. The van der Waals surface area contributed by atoms with Crippen molar-refractivity contribution in [2.75, 3.05) is 6.26 Å². The Balaban J connectivity index is 2.32. The SMILES string of the molecule is CCCCCC(=O)NN=Cc1ccc(SC)cc1. The number of nitrogens with one attached hydrogen (secondary N) is 1. The van der Waals surface area contributed by atoms with Crippen LogP contribution in [0.4, 0.5) is 0 Å². The van der Waals surface area contributed by atoms with Gasteiger partial charge in [0.2, 0.25) is 5.91 Å². The number of carbonyl (C=O) groups is 1. The van der Waals surface area contributed by atoms with Crippen LogP contribution in [0.3, 0.4) is 0 Å². The molecule has 0 spiro atoms. The fraction of sp³-hybridized carbons (Fsp3) is 0.429. The maximum absolute atomic E-state index is 11.4. The van der Waals surface area contributed by atoms with Gasteiger partial charge in [-0.05, 0) is 30.4 Å². The van der Waals surface area contributed by atoms with Crippen LogP contribution in [0.1, 0.15) is 38.2 Å². The molecule has 1 N–H and O–H groups in total. The number of hydrogen-bond acceptors (Lipinski definition) is 3. The van der Waals surface area contributed by atoms with E-state index >= 15 is 0 Å². The molecular weight excluding hydrogens is 244 g/mol. The highest BCUT2D eigenvalue weighted by Gasteiger charge is 1.97. The van der Waals surface area contributed by atoms with E-state index in [0.717, 1.165) is 24.8 Å². The van der Waals surface area contributed by atoms with Gasteiger partial charge < -0.3 is 0 Å². The number of amides is 1. The van der Waals surface area contributed by atoms with Gasteiger partial charge in [-0.25, -0.2) is 5.43 Å².